The largest absolute Gasteiger partial charge is 0.353 e. The Morgan fingerprint density at radius 1 is 1.12 bits per heavy atom. The van der Waals surface area contributed by atoms with Crippen molar-refractivity contribution >= 4 is 23.4 Å². The highest BCUT2D eigenvalue weighted by atomic mass is 35.5. The van der Waals surface area contributed by atoms with Crippen LogP contribution in [0.25, 0.3) is 5.69 Å². The van der Waals surface area contributed by atoms with Gasteiger partial charge in [0.2, 0.25) is 0 Å². The smallest absolute Gasteiger partial charge is 0.265 e. The van der Waals surface area contributed by atoms with Crippen molar-refractivity contribution in [3.8, 4) is 5.69 Å². The second-order valence-electron chi connectivity index (χ2n) is 6.17. The van der Waals surface area contributed by atoms with Crippen LogP contribution in [-0.4, -0.2) is 9.55 Å². The fourth-order valence-corrected chi connectivity index (χ4v) is 4.45. The van der Waals surface area contributed by atoms with Crippen LogP contribution in [0.15, 0.2) is 58.4 Å². The van der Waals surface area contributed by atoms with Crippen molar-refractivity contribution in [2.24, 2.45) is 0 Å². The minimum Gasteiger partial charge on any atom is -0.265 e. The summed E-state index contributed by atoms with van der Waals surface area (Å²) < 4.78 is 15.5. The fourth-order valence-electron chi connectivity index (χ4n) is 3.26. The number of thioether (sulfide) groups is 1. The third-order valence-electron chi connectivity index (χ3n) is 4.51. The molecule has 0 radical (unpaired) electrons. The number of rotatable bonds is 4. The molecule has 132 valence electrons. The van der Waals surface area contributed by atoms with Gasteiger partial charge >= 0.3 is 5.69 Å². The van der Waals surface area contributed by atoms with Crippen LogP contribution in [0, 0.1) is 5.82 Å². The molecule has 26 heavy (non-hydrogen) atoms. The average Bonchev–Trinajstić information content (AvgIpc) is 3.11. The van der Waals surface area contributed by atoms with Crippen LogP contribution < -0.4 is 5.69 Å². The number of halogens is 2. The lowest BCUT2D eigenvalue weighted by atomic mass is 10.2. The van der Waals surface area contributed by atoms with Crippen LogP contribution in [0.3, 0.4) is 0 Å². The number of fused-ring (bicyclic) bond motifs is 1. The summed E-state index contributed by atoms with van der Waals surface area (Å²) in [6.07, 6.45) is 2.71. The predicted molar refractivity (Wildman–Crippen MR) is 103 cm³/mol. The molecule has 0 N–H and O–H groups in total. The van der Waals surface area contributed by atoms with Gasteiger partial charge in [-0.15, -0.1) is 11.8 Å². The normalized spacial score (nSPS) is 13.0. The molecule has 0 fully saturated rings. The molecule has 0 saturated heterocycles. The van der Waals surface area contributed by atoms with E-state index in [4.69, 9.17) is 11.6 Å². The highest BCUT2D eigenvalue weighted by molar-refractivity contribution is 7.98. The van der Waals surface area contributed by atoms with Crippen molar-refractivity contribution in [1.29, 1.82) is 0 Å². The zero-order chi connectivity index (χ0) is 18.1. The lowest BCUT2D eigenvalue weighted by molar-refractivity contribution is 0.617. The first-order valence-electron chi connectivity index (χ1n) is 8.40. The molecule has 0 aliphatic heterocycles. The van der Waals surface area contributed by atoms with E-state index in [1.165, 1.54) is 17.8 Å². The molecule has 1 aliphatic rings. The van der Waals surface area contributed by atoms with E-state index in [0.29, 0.717) is 16.3 Å². The van der Waals surface area contributed by atoms with E-state index in [1.54, 1.807) is 28.8 Å². The Morgan fingerprint density at radius 2 is 1.88 bits per heavy atom. The lowest BCUT2D eigenvalue weighted by Gasteiger charge is -2.14. The van der Waals surface area contributed by atoms with Crippen molar-refractivity contribution < 1.29 is 4.39 Å². The van der Waals surface area contributed by atoms with Crippen LogP contribution in [0.2, 0.25) is 5.02 Å². The maximum Gasteiger partial charge on any atom is 0.353 e. The average molecular weight is 387 g/mol. The van der Waals surface area contributed by atoms with E-state index in [9.17, 15) is 9.18 Å². The van der Waals surface area contributed by atoms with Crippen LogP contribution in [0.5, 0.6) is 0 Å². The molecule has 0 spiro atoms. The molecular weight excluding hydrogens is 371 g/mol. The molecule has 2 aromatic carbocycles. The van der Waals surface area contributed by atoms with Gasteiger partial charge < -0.3 is 0 Å². The molecule has 1 aromatic heterocycles. The van der Waals surface area contributed by atoms with E-state index in [-0.39, 0.29) is 11.5 Å². The first kappa shape index (κ1) is 17.3. The van der Waals surface area contributed by atoms with Gasteiger partial charge in [0.1, 0.15) is 10.8 Å². The van der Waals surface area contributed by atoms with Crippen LogP contribution in [0.1, 0.15) is 23.2 Å². The summed E-state index contributed by atoms with van der Waals surface area (Å²) in [5, 5.41) is 1.35. The maximum absolute atomic E-state index is 13.9. The van der Waals surface area contributed by atoms with Crippen molar-refractivity contribution in [2.45, 2.75) is 30.0 Å². The summed E-state index contributed by atoms with van der Waals surface area (Å²) in [5.74, 6) is 0.224. The molecule has 0 bridgehead atoms. The van der Waals surface area contributed by atoms with Gasteiger partial charge in [-0.1, -0.05) is 29.8 Å². The van der Waals surface area contributed by atoms with E-state index in [2.05, 4.69) is 4.98 Å². The number of hydrogen-bond acceptors (Lipinski definition) is 3. The molecule has 1 heterocycles. The summed E-state index contributed by atoms with van der Waals surface area (Å²) in [7, 11) is 0. The van der Waals surface area contributed by atoms with Gasteiger partial charge in [0.25, 0.3) is 0 Å². The Balaban J connectivity index is 1.71. The Morgan fingerprint density at radius 3 is 2.65 bits per heavy atom. The molecule has 3 aromatic rings. The van der Waals surface area contributed by atoms with Crippen LogP contribution in [0.4, 0.5) is 4.39 Å². The van der Waals surface area contributed by atoms with Crippen molar-refractivity contribution in [3.05, 3.63) is 86.7 Å². The predicted octanol–water partition coefficient (Wildman–Crippen LogP) is 4.81. The Labute approximate surface area is 159 Å². The van der Waals surface area contributed by atoms with Gasteiger partial charge in [0.05, 0.1) is 5.69 Å². The van der Waals surface area contributed by atoms with E-state index < -0.39 is 0 Å². The summed E-state index contributed by atoms with van der Waals surface area (Å²) in [6.45, 7) is 0. The SMILES string of the molecule is O=c1nc(SCc2ccccc2F)c2c(n1-c1ccc(Cl)cc1)CCC2. The summed E-state index contributed by atoms with van der Waals surface area (Å²) in [4.78, 5) is 17.0. The minimum atomic E-state index is -0.302. The molecule has 0 unspecified atom stereocenters. The molecular formula is C20H16ClFN2OS. The Hall–Kier alpha value is -2.11. The Bertz CT molecular complexity index is 1020. The Kier molecular flexibility index (Phi) is 4.83. The number of hydrogen-bond donors (Lipinski definition) is 0. The van der Waals surface area contributed by atoms with Gasteiger partial charge in [-0.25, -0.2) is 9.18 Å². The quantitative estimate of drug-likeness (QED) is 0.477. The van der Waals surface area contributed by atoms with Crippen molar-refractivity contribution in [3.63, 3.8) is 0 Å². The summed E-state index contributed by atoms with van der Waals surface area (Å²) >= 11 is 7.38. The van der Waals surface area contributed by atoms with E-state index in [1.807, 2.05) is 18.2 Å². The second-order valence-corrected chi connectivity index (χ2v) is 7.57. The molecule has 6 heteroatoms. The van der Waals surface area contributed by atoms with Crippen molar-refractivity contribution in [2.75, 3.05) is 0 Å². The van der Waals surface area contributed by atoms with Gasteiger partial charge in [0, 0.05) is 22.0 Å². The molecule has 1 aliphatic carbocycles. The highest BCUT2D eigenvalue weighted by Gasteiger charge is 2.23. The van der Waals surface area contributed by atoms with E-state index >= 15 is 0 Å². The summed E-state index contributed by atoms with van der Waals surface area (Å²) in [5.41, 5.74) is 3.19. The topological polar surface area (TPSA) is 34.9 Å². The van der Waals surface area contributed by atoms with Crippen LogP contribution >= 0.6 is 23.4 Å². The third-order valence-corrected chi connectivity index (χ3v) is 5.83. The first-order chi connectivity index (χ1) is 12.6. The van der Waals surface area contributed by atoms with E-state index in [0.717, 1.165) is 41.2 Å². The van der Waals surface area contributed by atoms with Gasteiger partial charge in [-0.2, -0.15) is 4.98 Å². The number of benzene rings is 2. The first-order valence-corrected chi connectivity index (χ1v) is 9.77. The fraction of sp³-hybridized carbons (Fsp3) is 0.200. The highest BCUT2D eigenvalue weighted by Crippen LogP contribution is 2.32. The standard InChI is InChI=1S/C20H16ClFN2OS/c21-14-8-10-15(11-9-14)24-18-7-3-5-16(18)19(23-20(24)25)26-12-13-4-1-2-6-17(13)22/h1-2,4,6,8-11H,3,5,7,12H2. The molecule has 0 amide bonds. The number of nitrogens with zero attached hydrogens (tertiary/aromatic N) is 2. The minimum absolute atomic E-state index is 0.230. The maximum atomic E-state index is 13.9. The molecule has 4 rings (SSSR count). The second kappa shape index (κ2) is 7.25. The number of aromatic nitrogens is 2. The molecule has 0 atom stereocenters. The molecule has 0 saturated carbocycles. The van der Waals surface area contributed by atoms with Crippen LogP contribution in [-0.2, 0) is 18.6 Å². The van der Waals surface area contributed by atoms with Gasteiger partial charge in [-0.05, 0) is 55.2 Å². The summed E-state index contributed by atoms with van der Waals surface area (Å²) in [6, 6.07) is 13.9. The lowest BCUT2D eigenvalue weighted by Crippen LogP contribution is -2.25. The zero-order valence-electron chi connectivity index (χ0n) is 13.9. The third kappa shape index (κ3) is 3.29. The monoisotopic (exact) mass is 386 g/mol. The van der Waals surface area contributed by atoms with Gasteiger partial charge in [0.15, 0.2) is 0 Å². The van der Waals surface area contributed by atoms with Gasteiger partial charge in [-0.3, -0.25) is 4.57 Å². The molecule has 3 nitrogen and oxygen atoms in total. The van der Waals surface area contributed by atoms with Crippen molar-refractivity contribution in [1.82, 2.24) is 9.55 Å². The zero-order valence-corrected chi connectivity index (χ0v) is 15.5.